The van der Waals surface area contributed by atoms with E-state index in [1.165, 1.54) is 18.4 Å². The minimum Gasteiger partial charge on any atom is -0.494 e. The van der Waals surface area contributed by atoms with Crippen LogP contribution in [-0.2, 0) is 6.42 Å². The molecular weight excluding hydrogens is 292 g/mol. The molecule has 0 aliphatic carbocycles. The van der Waals surface area contributed by atoms with E-state index >= 15 is 0 Å². The van der Waals surface area contributed by atoms with Crippen molar-refractivity contribution in [3.05, 3.63) is 77.9 Å². The van der Waals surface area contributed by atoms with Crippen LogP contribution in [0.4, 0.5) is 0 Å². The van der Waals surface area contributed by atoms with E-state index in [2.05, 4.69) is 49.6 Å². The van der Waals surface area contributed by atoms with Crippen LogP contribution in [0, 0.1) is 11.8 Å². The summed E-state index contributed by atoms with van der Waals surface area (Å²) in [6, 6.07) is 16.5. The molecule has 0 fully saturated rings. The predicted molar refractivity (Wildman–Crippen MR) is 102 cm³/mol. The van der Waals surface area contributed by atoms with Gasteiger partial charge in [0.2, 0.25) is 0 Å². The highest BCUT2D eigenvalue weighted by atomic mass is 16.5. The van der Waals surface area contributed by atoms with E-state index < -0.39 is 0 Å². The van der Waals surface area contributed by atoms with Crippen molar-refractivity contribution in [2.24, 2.45) is 0 Å². The van der Waals surface area contributed by atoms with Crippen molar-refractivity contribution in [3.63, 3.8) is 0 Å². The molecule has 0 aliphatic rings. The number of hydrogen-bond donors (Lipinski definition) is 0. The van der Waals surface area contributed by atoms with Gasteiger partial charge in [-0.1, -0.05) is 37.0 Å². The number of ether oxygens (including phenoxy) is 1. The van der Waals surface area contributed by atoms with Crippen LogP contribution in [-0.4, -0.2) is 6.61 Å². The minimum atomic E-state index is 0.755. The molecule has 0 saturated carbocycles. The quantitative estimate of drug-likeness (QED) is 0.341. The number of aryl methyl sites for hydroxylation is 1. The molecule has 2 aromatic carbocycles. The maximum absolute atomic E-state index is 5.58. The average Bonchev–Trinajstić information content (AvgIpc) is 2.64. The van der Waals surface area contributed by atoms with Gasteiger partial charge in [0.15, 0.2) is 0 Å². The Morgan fingerprint density at radius 3 is 2.12 bits per heavy atom. The molecule has 124 valence electrons. The molecule has 0 radical (unpaired) electrons. The second-order valence-electron chi connectivity index (χ2n) is 5.85. The molecule has 1 nitrogen and oxygen atoms in total. The molecule has 1 heteroatoms. The first-order valence-electron chi connectivity index (χ1n) is 8.76. The van der Waals surface area contributed by atoms with Gasteiger partial charge in [-0.3, -0.25) is 0 Å². The van der Waals surface area contributed by atoms with Gasteiger partial charge in [0.25, 0.3) is 0 Å². The van der Waals surface area contributed by atoms with Crippen LogP contribution in [0.25, 0.3) is 0 Å². The minimum absolute atomic E-state index is 0.755. The van der Waals surface area contributed by atoms with Crippen molar-refractivity contribution < 1.29 is 4.74 Å². The smallest absolute Gasteiger partial charge is 0.119 e. The number of allylic oxidation sites excluding steroid dienone is 1. The highest BCUT2D eigenvalue weighted by molar-refractivity contribution is 5.44. The lowest BCUT2D eigenvalue weighted by Gasteiger charge is -2.03. The van der Waals surface area contributed by atoms with Crippen LogP contribution < -0.4 is 4.74 Å². The molecule has 24 heavy (non-hydrogen) atoms. The summed E-state index contributed by atoms with van der Waals surface area (Å²) in [6.45, 7) is 6.62. The Morgan fingerprint density at radius 2 is 1.54 bits per heavy atom. The Balaban J connectivity index is 1.89. The van der Waals surface area contributed by atoms with E-state index in [9.17, 15) is 0 Å². The zero-order chi connectivity index (χ0) is 17.0. The Morgan fingerprint density at radius 1 is 0.917 bits per heavy atom. The number of benzene rings is 2. The fraction of sp³-hybridized carbons (Fsp3) is 0.304. The van der Waals surface area contributed by atoms with E-state index in [1.807, 2.05) is 30.3 Å². The van der Waals surface area contributed by atoms with Crippen molar-refractivity contribution in [2.75, 3.05) is 6.61 Å². The van der Waals surface area contributed by atoms with E-state index in [1.54, 1.807) is 0 Å². The first kappa shape index (κ1) is 17.9. The van der Waals surface area contributed by atoms with Gasteiger partial charge < -0.3 is 4.74 Å². The third-order valence-electron chi connectivity index (χ3n) is 3.76. The average molecular weight is 318 g/mol. The van der Waals surface area contributed by atoms with E-state index in [0.29, 0.717) is 0 Å². The maximum atomic E-state index is 5.58. The third kappa shape index (κ3) is 6.34. The highest BCUT2D eigenvalue weighted by Gasteiger charge is 1.95. The van der Waals surface area contributed by atoms with Crippen LogP contribution in [0.15, 0.2) is 61.2 Å². The summed E-state index contributed by atoms with van der Waals surface area (Å²) in [5.41, 5.74) is 3.44. The lowest BCUT2D eigenvalue weighted by molar-refractivity contribution is 0.317. The molecule has 2 aromatic rings. The summed E-state index contributed by atoms with van der Waals surface area (Å²) >= 11 is 0. The topological polar surface area (TPSA) is 9.23 Å². The summed E-state index contributed by atoms with van der Waals surface area (Å²) in [5.74, 6) is 7.34. The Labute approximate surface area is 146 Å². The normalized spacial score (nSPS) is 9.88. The summed E-state index contributed by atoms with van der Waals surface area (Å²) in [6.07, 6.45) is 7.66. The van der Waals surface area contributed by atoms with Gasteiger partial charge in [-0.05, 0) is 74.1 Å². The standard InChI is InChI=1S/C23H26O/c1-3-5-6-7-8-20-9-11-21(12-10-20)13-14-22-15-17-23(18-16-22)24-19-4-2/h3,9-12,15-18H,1,4-8,19H2,2H3. The maximum Gasteiger partial charge on any atom is 0.119 e. The van der Waals surface area contributed by atoms with Gasteiger partial charge in [-0.15, -0.1) is 6.58 Å². The number of unbranched alkanes of at least 4 members (excludes halogenated alkanes) is 2. The fourth-order valence-electron chi connectivity index (χ4n) is 2.37. The van der Waals surface area contributed by atoms with Gasteiger partial charge in [-0.25, -0.2) is 0 Å². The SMILES string of the molecule is C=CCCCCc1ccc(C#Cc2ccc(OCCC)cc2)cc1. The molecule has 0 amide bonds. The van der Waals surface area contributed by atoms with Gasteiger partial charge >= 0.3 is 0 Å². The van der Waals surface area contributed by atoms with Crippen molar-refractivity contribution in [3.8, 4) is 17.6 Å². The van der Waals surface area contributed by atoms with Crippen LogP contribution in [0.5, 0.6) is 5.75 Å². The summed E-state index contributed by atoms with van der Waals surface area (Å²) in [4.78, 5) is 0. The second-order valence-corrected chi connectivity index (χ2v) is 5.85. The fourth-order valence-corrected chi connectivity index (χ4v) is 2.37. The number of rotatable bonds is 8. The molecule has 0 aliphatic heterocycles. The lowest BCUT2D eigenvalue weighted by Crippen LogP contribution is -1.94. The molecular formula is C23H26O. The van der Waals surface area contributed by atoms with Gasteiger partial charge in [0.05, 0.1) is 6.61 Å². The zero-order valence-electron chi connectivity index (χ0n) is 14.6. The molecule has 0 N–H and O–H groups in total. The van der Waals surface area contributed by atoms with Crippen LogP contribution in [0.1, 0.15) is 49.3 Å². The van der Waals surface area contributed by atoms with Crippen LogP contribution in [0.2, 0.25) is 0 Å². The van der Waals surface area contributed by atoms with Crippen molar-refractivity contribution in [1.82, 2.24) is 0 Å². The van der Waals surface area contributed by atoms with Crippen molar-refractivity contribution >= 4 is 0 Å². The van der Waals surface area contributed by atoms with E-state index in [4.69, 9.17) is 4.74 Å². The Bertz CT molecular complexity index is 669. The zero-order valence-corrected chi connectivity index (χ0v) is 14.6. The summed E-state index contributed by atoms with van der Waals surface area (Å²) in [5, 5.41) is 0. The molecule has 0 heterocycles. The largest absolute Gasteiger partial charge is 0.494 e. The van der Waals surface area contributed by atoms with Gasteiger partial charge in [0.1, 0.15) is 5.75 Å². The Kier molecular flexibility index (Phi) is 7.71. The summed E-state index contributed by atoms with van der Waals surface area (Å²) in [7, 11) is 0. The lowest BCUT2D eigenvalue weighted by atomic mass is 10.1. The van der Waals surface area contributed by atoms with Gasteiger partial charge in [-0.2, -0.15) is 0 Å². The molecule has 0 saturated heterocycles. The highest BCUT2D eigenvalue weighted by Crippen LogP contribution is 2.12. The monoisotopic (exact) mass is 318 g/mol. The van der Waals surface area contributed by atoms with E-state index in [-0.39, 0.29) is 0 Å². The van der Waals surface area contributed by atoms with Crippen LogP contribution >= 0.6 is 0 Å². The van der Waals surface area contributed by atoms with E-state index in [0.717, 1.165) is 42.7 Å². The summed E-state index contributed by atoms with van der Waals surface area (Å²) < 4.78 is 5.58. The van der Waals surface area contributed by atoms with Crippen molar-refractivity contribution in [2.45, 2.75) is 39.0 Å². The molecule has 0 bridgehead atoms. The number of hydrogen-bond acceptors (Lipinski definition) is 1. The first-order chi connectivity index (χ1) is 11.8. The molecule has 0 atom stereocenters. The first-order valence-corrected chi connectivity index (χ1v) is 8.76. The van der Waals surface area contributed by atoms with Crippen molar-refractivity contribution in [1.29, 1.82) is 0 Å². The molecule has 0 aromatic heterocycles. The second kappa shape index (κ2) is 10.3. The molecule has 0 unspecified atom stereocenters. The van der Waals surface area contributed by atoms with Gasteiger partial charge in [0, 0.05) is 11.1 Å². The molecule has 2 rings (SSSR count). The predicted octanol–water partition coefficient (Wildman–Crippen LogP) is 5.77. The Hall–Kier alpha value is -2.46. The third-order valence-corrected chi connectivity index (χ3v) is 3.76. The molecule has 0 spiro atoms. The van der Waals surface area contributed by atoms with Crippen LogP contribution in [0.3, 0.4) is 0 Å².